The van der Waals surface area contributed by atoms with Crippen LogP contribution in [0.1, 0.15) is 30.9 Å². The maximum Gasteiger partial charge on any atom is 0.323 e. The van der Waals surface area contributed by atoms with Crippen molar-refractivity contribution in [3.8, 4) is 0 Å². The van der Waals surface area contributed by atoms with Crippen LogP contribution in [0.2, 0.25) is 5.02 Å². The van der Waals surface area contributed by atoms with Crippen LogP contribution in [0.4, 0.5) is 0 Å². The highest BCUT2D eigenvalue weighted by Gasteiger charge is 2.43. The fourth-order valence-electron chi connectivity index (χ4n) is 2.56. The zero-order valence-electron chi connectivity index (χ0n) is 10.7. The van der Waals surface area contributed by atoms with Crippen molar-refractivity contribution in [1.82, 2.24) is 4.90 Å². The maximum absolute atomic E-state index is 11.4. The molecule has 0 amide bonds. The summed E-state index contributed by atoms with van der Waals surface area (Å²) in [4.78, 5) is 13.4. The van der Waals surface area contributed by atoms with E-state index in [9.17, 15) is 9.90 Å². The molecule has 0 aromatic heterocycles. The van der Waals surface area contributed by atoms with E-state index in [4.69, 9.17) is 11.6 Å². The molecule has 1 aliphatic rings. The average Bonchev–Trinajstić information content (AvgIpc) is 2.66. The first-order chi connectivity index (χ1) is 8.43. The fourth-order valence-corrected chi connectivity index (χ4v) is 2.78. The molecule has 0 radical (unpaired) electrons. The van der Waals surface area contributed by atoms with E-state index >= 15 is 0 Å². The standard InChI is InChI=1S/C14H18ClNO2/c1-10-8-12(15)5-4-11(10)9-16-7-3-6-14(16,2)13(17)18/h4-5,8H,3,6-7,9H2,1-2H3,(H,17,18). The Labute approximate surface area is 112 Å². The van der Waals surface area contributed by atoms with Crippen molar-refractivity contribution in [1.29, 1.82) is 0 Å². The lowest BCUT2D eigenvalue weighted by Crippen LogP contribution is -2.47. The van der Waals surface area contributed by atoms with Crippen LogP contribution in [0, 0.1) is 6.92 Å². The van der Waals surface area contributed by atoms with Gasteiger partial charge in [0.1, 0.15) is 5.54 Å². The minimum atomic E-state index is -0.730. The van der Waals surface area contributed by atoms with Gasteiger partial charge in [0.05, 0.1) is 0 Å². The van der Waals surface area contributed by atoms with Gasteiger partial charge >= 0.3 is 5.97 Å². The van der Waals surface area contributed by atoms with E-state index in [1.165, 1.54) is 0 Å². The van der Waals surface area contributed by atoms with Crippen LogP contribution in [0.5, 0.6) is 0 Å². The quantitative estimate of drug-likeness (QED) is 0.915. The van der Waals surface area contributed by atoms with E-state index < -0.39 is 11.5 Å². The van der Waals surface area contributed by atoms with E-state index in [0.717, 1.165) is 35.5 Å². The number of carbonyl (C=O) groups is 1. The second kappa shape index (κ2) is 4.90. The van der Waals surface area contributed by atoms with E-state index in [1.807, 2.05) is 36.9 Å². The summed E-state index contributed by atoms with van der Waals surface area (Å²) in [6.45, 7) is 5.33. The van der Waals surface area contributed by atoms with Crippen molar-refractivity contribution in [2.75, 3.05) is 6.54 Å². The van der Waals surface area contributed by atoms with Gasteiger partial charge in [-0.2, -0.15) is 0 Å². The highest BCUT2D eigenvalue weighted by atomic mass is 35.5. The summed E-state index contributed by atoms with van der Waals surface area (Å²) in [6, 6.07) is 5.77. The zero-order valence-corrected chi connectivity index (χ0v) is 11.5. The number of hydrogen-bond donors (Lipinski definition) is 1. The van der Waals surface area contributed by atoms with Gasteiger partial charge in [0, 0.05) is 11.6 Å². The molecule has 1 atom stereocenters. The average molecular weight is 268 g/mol. The normalized spacial score (nSPS) is 24.4. The van der Waals surface area contributed by atoms with Gasteiger partial charge in [-0.1, -0.05) is 17.7 Å². The topological polar surface area (TPSA) is 40.5 Å². The van der Waals surface area contributed by atoms with Gasteiger partial charge in [-0.25, -0.2) is 0 Å². The number of halogens is 1. The molecule has 4 heteroatoms. The molecular formula is C14H18ClNO2. The van der Waals surface area contributed by atoms with E-state index in [0.29, 0.717) is 6.54 Å². The monoisotopic (exact) mass is 267 g/mol. The molecule has 1 aromatic rings. The number of rotatable bonds is 3. The second-order valence-electron chi connectivity index (χ2n) is 5.17. The molecule has 1 unspecified atom stereocenters. The van der Waals surface area contributed by atoms with Crippen LogP contribution >= 0.6 is 11.6 Å². The Morgan fingerprint density at radius 2 is 2.28 bits per heavy atom. The first-order valence-corrected chi connectivity index (χ1v) is 6.55. The van der Waals surface area contributed by atoms with Gasteiger partial charge in [-0.3, -0.25) is 9.69 Å². The van der Waals surface area contributed by atoms with Crippen LogP contribution in [0.25, 0.3) is 0 Å². The zero-order chi connectivity index (χ0) is 13.3. The van der Waals surface area contributed by atoms with Crippen LogP contribution < -0.4 is 0 Å². The summed E-state index contributed by atoms with van der Waals surface area (Å²) in [7, 11) is 0. The van der Waals surface area contributed by atoms with Crippen LogP contribution in [0.15, 0.2) is 18.2 Å². The molecule has 1 N–H and O–H groups in total. The third-order valence-electron chi connectivity index (χ3n) is 3.92. The first kappa shape index (κ1) is 13.4. The summed E-state index contributed by atoms with van der Waals surface area (Å²) >= 11 is 5.93. The van der Waals surface area contributed by atoms with Crippen molar-refractivity contribution in [3.05, 3.63) is 34.3 Å². The molecule has 1 aromatic carbocycles. The lowest BCUT2D eigenvalue weighted by atomic mass is 9.98. The fraction of sp³-hybridized carbons (Fsp3) is 0.500. The molecule has 98 valence electrons. The van der Waals surface area contributed by atoms with Crippen LogP contribution in [-0.2, 0) is 11.3 Å². The van der Waals surface area contributed by atoms with Gasteiger partial charge < -0.3 is 5.11 Å². The van der Waals surface area contributed by atoms with Crippen molar-refractivity contribution in [2.24, 2.45) is 0 Å². The summed E-state index contributed by atoms with van der Waals surface area (Å²) < 4.78 is 0. The van der Waals surface area contributed by atoms with Crippen LogP contribution in [-0.4, -0.2) is 28.1 Å². The number of aliphatic carboxylic acids is 1. The number of carboxylic acids is 1. The molecule has 0 bridgehead atoms. The van der Waals surface area contributed by atoms with Gasteiger partial charge in [0.15, 0.2) is 0 Å². The maximum atomic E-state index is 11.4. The highest BCUT2D eigenvalue weighted by molar-refractivity contribution is 6.30. The van der Waals surface area contributed by atoms with E-state index in [2.05, 4.69) is 0 Å². The molecule has 3 nitrogen and oxygen atoms in total. The molecule has 1 saturated heterocycles. The van der Waals surface area contributed by atoms with Gasteiger partial charge in [-0.15, -0.1) is 0 Å². The largest absolute Gasteiger partial charge is 0.480 e. The number of benzene rings is 1. The Morgan fingerprint density at radius 3 is 2.89 bits per heavy atom. The third kappa shape index (κ3) is 2.38. The summed E-state index contributed by atoms with van der Waals surface area (Å²) in [6.07, 6.45) is 1.66. The molecule has 2 rings (SSSR count). The summed E-state index contributed by atoms with van der Waals surface area (Å²) in [5.74, 6) is -0.730. The molecule has 0 aliphatic carbocycles. The Kier molecular flexibility index (Phi) is 3.64. The van der Waals surface area contributed by atoms with E-state index in [-0.39, 0.29) is 0 Å². The number of aryl methyl sites for hydroxylation is 1. The number of likely N-dealkylation sites (tertiary alicyclic amines) is 1. The Morgan fingerprint density at radius 1 is 1.56 bits per heavy atom. The summed E-state index contributed by atoms with van der Waals surface area (Å²) in [5, 5.41) is 10.1. The van der Waals surface area contributed by atoms with Crippen LogP contribution in [0.3, 0.4) is 0 Å². The first-order valence-electron chi connectivity index (χ1n) is 6.17. The molecule has 1 aliphatic heterocycles. The Bertz CT molecular complexity index is 475. The van der Waals surface area contributed by atoms with Gasteiger partial charge in [-0.05, 0) is 56.5 Å². The second-order valence-corrected chi connectivity index (χ2v) is 5.61. The van der Waals surface area contributed by atoms with Crippen molar-refractivity contribution in [2.45, 2.75) is 38.8 Å². The minimum absolute atomic E-state index is 0.672. The molecule has 18 heavy (non-hydrogen) atoms. The predicted molar refractivity (Wildman–Crippen MR) is 71.9 cm³/mol. The highest BCUT2D eigenvalue weighted by Crippen LogP contribution is 2.31. The SMILES string of the molecule is Cc1cc(Cl)ccc1CN1CCCC1(C)C(=O)O. The molecule has 0 saturated carbocycles. The Balaban J connectivity index is 2.21. The van der Waals surface area contributed by atoms with Gasteiger partial charge in [0.2, 0.25) is 0 Å². The number of nitrogens with zero attached hydrogens (tertiary/aromatic N) is 1. The molecular weight excluding hydrogens is 250 g/mol. The molecule has 1 fully saturated rings. The third-order valence-corrected chi connectivity index (χ3v) is 4.15. The number of carboxylic acid groups (broad SMARTS) is 1. The van der Waals surface area contributed by atoms with Gasteiger partial charge in [0.25, 0.3) is 0 Å². The summed E-state index contributed by atoms with van der Waals surface area (Å²) in [5.41, 5.74) is 1.53. The Hall–Kier alpha value is -1.06. The minimum Gasteiger partial charge on any atom is -0.480 e. The number of hydrogen-bond acceptors (Lipinski definition) is 2. The van der Waals surface area contributed by atoms with Crippen molar-refractivity contribution >= 4 is 17.6 Å². The van der Waals surface area contributed by atoms with Crippen molar-refractivity contribution < 1.29 is 9.90 Å². The van der Waals surface area contributed by atoms with Crippen molar-refractivity contribution in [3.63, 3.8) is 0 Å². The van der Waals surface area contributed by atoms with E-state index in [1.54, 1.807) is 0 Å². The smallest absolute Gasteiger partial charge is 0.323 e. The molecule has 1 heterocycles. The molecule has 0 spiro atoms. The lowest BCUT2D eigenvalue weighted by molar-refractivity contribution is -0.148. The lowest BCUT2D eigenvalue weighted by Gasteiger charge is -2.31. The predicted octanol–water partition coefficient (Wildman–Crippen LogP) is 3.09.